The maximum atomic E-state index is 12.4. The molecule has 25 heavy (non-hydrogen) atoms. The van der Waals surface area contributed by atoms with Crippen LogP contribution in [-0.2, 0) is 17.8 Å². The van der Waals surface area contributed by atoms with Gasteiger partial charge in [-0.15, -0.1) is 0 Å². The SMILES string of the molecule is COc1cccc(CN(C)C(=O)CCCc2c[nH]c3ccccc23)c1. The van der Waals surface area contributed by atoms with Gasteiger partial charge in [0.1, 0.15) is 5.75 Å². The molecule has 4 heteroatoms. The number of carbonyl (C=O) groups excluding carboxylic acids is 1. The Balaban J connectivity index is 1.51. The summed E-state index contributed by atoms with van der Waals surface area (Å²) in [5.41, 5.74) is 3.50. The molecule has 1 N–H and O–H groups in total. The molecule has 3 rings (SSSR count). The molecule has 1 amide bonds. The Labute approximate surface area is 148 Å². The first-order valence-corrected chi connectivity index (χ1v) is 8.59. The monoisotopic (exact) mass is 336 g/mol. The lowest BCUT2D eigenvalue weighted by Crippen LogP contribution is -2.25. The average Bonchev–Trinajstić information content (AvgIpc) is 3.05. The van der Waals surface area contributed by atoms with E-state index in [1.807, 2.05) is 43.4 Å². The third kappa shape index (κ3) is 4.21. The number of H-pyrrole nitrogens is 1. The molecule has 1 heterocycles. The lowest BCUT2D eigenvalue weighted by molar-refractivity contribution is -0.130. The number of amides is 1. The minimum Gasteiger partial charge on any atom is -0.497 e. The maximum absolute atomic E-state index is 12.4. The van der Waals surface area contributed by atoms with Gasteiger partial charge in [0.25, 0.3) is 0 Å². The number of nitrogens with one attached hydrogen (secondary N) is 1. The van der Waals surface area contributed by atoms with Crippen LogP contribution in [0.4, 0.5) is 0 Å². The molecular weight excluding hydrogens is 312 g/mol. The van der Waals surface area contributed by atoms with Crippen LogP contribution in [0.25, 0.3) is 10.9 Å². The van der Waals surface area contributed by atoms with E-state index in [1.165, 1.54) is 10.9 Å². The molecule has 0 unspecified atom stereocenters. The number of hydrogen-bond acceptors (Lipinski definition) is 2. The summed E-state index contributed by atoms with van der Waals surface area (Å²) < 4.78 is 5.23. The zero-order chi connectivity index (χ0) is 17.6. The number of aromatic amines is 1. The summed E-state index contributed by atoms with van der Waals surface area (Å²) in [5.74, 6) is 0.986. The lowest BCUT2D eigenvalue weighted by Gasteiger charge is -2.17. The third-order valence-corrected chi connectivity index (χ3v) is 4.49. The molecule has 0 bridgehead atoms. The maximum Gasteiger partial charge on any atom is 0.222 e. The molecule has 0 aliphatic heterocycles. The van der Waals surface area contributed by atoms with Crippen LogP contribution in [0, 0.1) is 0 Å². The minimum atomic E-state index is 0.169. The summed E-state index contributed by atoms with van der Waals surface area (Å²) in [7, 11) is 3.51. The number of carbonyl (C=O) groups is 1. The summed E-state index contributed by atoms with van der Waals surface area (Å²) >= 11 is 0. The van der Waals surface area contributed by atoms with E-state index in [1.54, 1.807) is 12.0 Å². The summed E-state index contributed by atoms with van der Waals surface area (Å²) in [6.07, 6.45) is 4.36. The number of aromatic nitrogens is 1. The number of rotatable bonds is 7. The second-order valence-electron chi connectivity index (χ2n) is 6.31. The summed E-state index contributed by atoms with van der Waals surface area (Å²) in [6, 6.07) is 16.1. The van der Waals surface area contributed by atoms with Gasteiger partial charge < -0.3 is 14.6 Å². The molecule has 0 saturated heterocycles. The van der Waals surface area contributed by atoms with Gasteiger partial charge in [-0.05, 0) is 42.2 Å². The van der Waals surface area contributed by atoms with Crippen molar-refractivity contribution in [2.75, 3.05) is 14.2 Å². The Morgan fingerprint density at radius 2 is 2.00 bits per heavy atom. The Bertz CT molecular complexity index is 854. The number of fused-ring (bicyclic) bond motifs is 1. The lowest BCUT2D eigenvalue weighted by atomic mass is 10.1. The van der Waals surface area contributed by atoms with Gasteiger partial charge in [-0.3, -0.25) is 4.79 Å². The molecule has 0 saturated carbocycles. The first-order chi connectivity index (χ1) is 12.2. The van der Waals surface area contributed by atoms with Gasteiger partial charge in [0.15, 0.2) is 0 Å². The highest BCUT2D eigenvalue weighted by atomic mass is 16.5. The summed E-state index contributed by atoms with van der Waals surface area (Å²) in [4.78, 5) is 17.4. The van der Waals surface area contributed by atoms with Gasteiger partial charge in [0.05, 0.1) is 7.11 Å². The fourth-order valence-electron chi connectivity index (χ4n) is 3.09. The quantitative estimate of drug-likeness (QED) is 0.704. The smallest absolute Gasteiger partial charge is 0.222 e. The van der Waals surface area contributed by atoms with Crippen molar-refractivity contribution in [2.24, 2.45) is 0 Å². The molecule has 0 fully saturated rings. The van der Waals surface area contributed by atoms with E-state index in [0.717, 1.165) is 29.7 Å². The molecule has 0 spiro atoms. The number of nitrogens with zero attached hydrogens (tertiary/aromatic N) is 1. The van der Waals surface area contributed by atoms with Crippen LogP contribution >= 0.6 is 0 Å². The van der Waals surface area contributed by atoms with Gasteiger partial charge in [0, 0.05) is 37.1 Å². The number of benzene rings is 2. The van der Waals surface area contributed by atoms with Crippen molar-refractivity contribution in [3.05, 3.63) is 65.9 Å². The van der Waals surface area contributed by atoms with E-state index in [4.69, 9.17) is 4.74 Å². The van der Waals surface area contributed by atoms with Crippen LogP contribution < -0.4 is 4.74 Å². The van der Waals surface area contributed by atoms with Gasteiger partial charge >= 0.3 is 0 Å². The van der Waals surface area contributed by atoms with E-state index in [9.17, 15) is 4.79 Å². The van der Waals surface area contributed by atoms with Crippen molar-refractivity contribution < 1.29 is 9.53 Å². The van der Waals surface area contributed by atoms with E-state index in [2.05, 4.69) is 23.3 Å². The predicted molar refractivity (Wildman–Crippen MR) is 101 cm³/mol. The van der Waals surface area contributed by atoms with Crippen molar-refractivity contribution in [2.45, 2.75) is 25.8 Å². The van der Waals surface area contributed by atoms with Crippen LogP contribution in [0.15, 0.2) is 54.7 Å². The van der Waals surface area contributed by atoms with Crippen molar-refractivity contribution >= 4 is 16.8 Å². The van der Waals surface area contributed by atoms with Gasteiger partial charge in [-0.25, -0.2) is 0 Å². The number of methoxy groups -OCH3 is 1. The van der Waals surface area contributed by atoms with Crippen molar-refractivity contribution in [3.63, 3.8) is 0 Å². The van der Waals surface area contributed by atoms with Gasteiger partial charge in [-0.1, -0.05) is 30.3 Å². The highest BCUT2D eigenvalue weighted by Gasteiger charge is 2.10. The minimum absolute atomic E-state index is 0.169. The molecule has 3 aromatic rings. The second-order valence-corrected chi connectivity index (χ2v) is 6.31. The first-order valence-electron chi connectivity index (χ1n) is 8.59. The highest BCUT2D eigenvalue weighted by Crippen LogP contribution is 2.20. The standard InChI is InChI=1S/C21H24N2O2/c1-23(15-16-7-5-9-18(13-16)25-2)21(24)12-6-8-17-14-22-20-11-4-3-10-19(17)20/h3-5,7,9-11,13-14,22H,6,8,12,15H2,1-2H3. The van der Waals surface area contributed by atoms with Crippen LogP contribution in [0.5, 0.6) is 5.75 Å². The average molecular weight is 336 g/mol. The van der Waals surface area contributed by atoms with E-state index >= 15 is 0 Å². The van der Waals surface area contributed by atoms with Crippen LogP contribution in [0.3, 0.4) is 0 Å². The number of ether oxygens (including phenoxy) is 1. The number of para-hydroxylation sites is 1. The fourth-order valence-corrected chi connectivity index (χ4v) is 3.09. The molecule has 130 valence electrons. The molecule has 0 aliphatic carbocycles. The molecule has 4 nitrogen and oxygen atoms in total. The normalized spacial score (nSPS) is 10.8. The van der Waals surface area contributed by atoms with Crippen LogP contribution in [0.2, 0.25) is 0 Å². The third-order valence-electron chi connectivity index (χ3n) is 4.49. The first kappa shape index (κ1) is 17.1. The zero-order valence-electron chi connectivity index (χ0n) is 14.8. The van der Waals surface area contributed by atoms with Gasteiger partial charge in [-0.2, -0.15) is 0 Å². The molecule has 0 atom stereocenters. The molecule has 2 aromatic carbocycles. The van der Waals surface area contributed by atoms with E-state index in [0.29, 0.717) is 13.0 Å². The van der Waals surface area contributed by atoms with Crippen LogP contribution in [0.1, 0.15) is 24.0 Å². The molecule has 1 aromatic heterocycles. The molecule has 0 aliphatic rings. The largest absolute Gasteiger partial charge is 0.497 e. The topological polar surface area (TPSA) is 45.3 Å². The molecular formula is C21H24N2O2. The fraction of sp³-hybridized carbons (Fsp3) is 0.286. The number of aryl methyl sites for hydroxylation is 1. The van der Waals surface area contributed by atoms with E-state index in [-0.39, 0.29) is 5.91 Å². The Hall–Kier alpha value is -2.75. The van der Waals surface area contributed by atoms with Crippen molar-refractivity contribution in [1.29, 1.82) is 0 Å². The summed E-state index contributed by atoms with van der Waals surface area (Å²) in [6.45, 7) is 0.600. The van der Waals surface area contributed by atoms with Crippen LogP contribution in [-0.4, -0.2) is 29.9 Å². The Morgan fingerprint density at radius 3 is 2.84 bits per heavy atom. The predicted octanol–water partition coefficient (Wildman–Crippen LogP) is 4.16. The van der Waals surface area contributed by atoms with E-state index < -0.39 is 0 Å². The second kappa shape index (κ2) is 7.88. The highest BCUT2D eigenvalue weighted by molar-refractivity contribution is 5.83. The van der Waals surface area contributed by atoms with Crippen molar-refractivity contribution in [1.82, 2.24) is 9.88 Å². The Kier molecular flexibility index (Phi) is 5.39. The number of hydrogen-bond donors (Lipinski definition) is 1. The Morgan fingerprint density at radius 1 is 1.16 bits per heavy atom. The summed E-state index contributed by atoms with van der Waals surface area (Å²) in [5, 5.41) is 1.25. The van der Waals surface area contributed by atoms with Crippen molar-refractivity contribution in [3.8, 4) is 5.75 Å². The van der Waals surface area contributed by atoms with Gasteiger partial charge in [0.2, 0.25) is 5.91 Å². The zero-order valence-corrected chi connectivity index (χ0v) is 14.8. The molecule has 0 radical (unpaired) electrons.